The van der Waals surface area contributed by atoms with Crippen molar-refractivity contribution in [2.24, 2.45) is 0 Å². The van der Waals surface area contributed by atoms with Crippen LogP contribution in [-0.4, -0.2) is 46.1 Å². The van der Waals surface area contributed by atoms with E-state index < -0.39 is 0 Å². The Morgan fingerprint density at radius 2 is 2.29 bits per heavy atom. The number of thiophene rings is 1. The van der Waals surface area contributed by atoms with Crippen LogP contribution in [0.3, 0.4) is 0 Å². The van der Waals surface area contributed by atoms with Crippen LogP contribution in [-0.2, 0) is 0 Å². The van der Waals surface area contributed by atoms with Gasteiger partial charge in [-0.05, 0) is 12.5 Å². The predicted octanol–water partition coefficient (Wildman–Crippen LogP) is 2.84. The Morgan fingerprint density at radius 3 is 3.05 bits per heavy atom. The molecule has 2 rings (SSSR count). The van der Waals surface area contributed by atoms with E-state index in [2.05, 4.69) is 25.7 Å². The number of hydrogen-bond donors (Lipinski definition) is 1. The van der Waals surface area contributed by atoms with Crippen LogP contribution < -0.4 is 0 Å². The van der Waals surface area contributed by atoms with Crippen LogP contribution in [0.15, 0.2) is 11.4 Å². The van der Waals surface area contributed by atoms with Crippen molar-refractivity contribution in [3.05, 3.63) is 21.9 Å². The zero-order chi connectivity index (χ0) is 15.3. The van der Waals surface area contributed by atoms with Crippen LogP contribution in [0.25, 0.3) is 0 Å². The van der Waals surface area contributed by atoms with Gasteiger partial charge >= 0.3 is 0 Å². The number of rotatable bonds is 2. The maximum absolute atomic E-state index is 12.5. The van der Waals surface area contributed by atoms with Gasteiger partial charge in [0.25, 0.3) is 5.91 Å². The van der Waals surface area contributed by atoms with Crippen molar-refractivity contribution >= 4 is 29.0 Å². The van der Waals surface area contributed by atoms with Crippen molar-refractivity contribution < 1.29 is 9.90 Å². The molecule has 1 aliphatic rings. The average molecular weight is 323 g/mol. The lowest BCUT2D eigenvalue weighted by Crippen LogP contribution is -2.33. The summed E-state index contributed by atoms with van der Waals surface area (Å²) in [4.78, 5) is 15.4. The summed E-state index contributed by atoms with van der Waals surface area (Å²) in [6.07, 6.45) is 1.50. The minimum absolute atomic E-state index is 0.0748. The van der Waals surface area contributed by atoms with Crippen LogP contribution >= 0.6 is 23.1 Å². The summed E-state index contributed by atoms with van der Waals surface area (Å²) in [7, 11) is 0. The van der Waals surface area contributed by atoms with Gasteiger partial charge in [0.15, 0.2) is 0 Å². The summed E-state index contributed by atoms with van der Waals surface area (Å²) in [5.41, 5.74) is 0.734. The number of nitrogens with zero attached hydrogens (tertiary/aromatic N) is 1. The van der Waals surface area contributed by atoms with Crippen LogP contribution in [0.1, 0.15) is 41.9 Å². The van der Waals surface area contributed by atoms with Gasteiger partial charge in [-0.3, -0.25) is 4.79 Å². The number of amides is 1. The Hall–Kier alpha value is -0.960. The van der Waals surface area contributed by atoms with E-state index in [-0.39, 0.29) is 17.3 Å². The molecule has 0 saturated carbocycles. The fourth-order valence-corrected chi connectivity index (χ4v) is 3.97. The second-order valence-electron chi connectivity index (χ2n) is 5.63. The molecule has 1 aliphatic heterocycles. The van der Waals surface area contributed by atoms with Crippen molar-refractivity contribution in [3.63, 3.8) is 0 Å². The summed E-state index contributed by atoms with van der Waals surface area (Å²) in [6.45, 7) is 6.19. The molecule has 5 heteroatoms. The van der Waals surface area contributed by atoms with E-state index in [0.717, 1.165) is 35.7 Å². The summed E-state index contributed by atoms with van der Waals surface area (Å²) < 4.78 is 0.255. The van der Waals surface area contributed by atoms with Crippen molar-refractivity contribution in [1.82, 2.24) is 4.90 Å². The van der Waals surface area contributed by atoms with E-state index >= 15 is 0 Å². The fourth-order valence-electron chi connectivity index (χ4n) is 2.13. The Bertz CT molecular complexity index is 554. The molecule has 0 atom stereocenters. The first-order valence-corrected chi connectivity index (χ1v) is 9.00. The average Bonchev–Trinajstić information content (AvgIpc) is 2.83. The fraction of sp³-hybridized carbons (Fsp3) is 0.562. The van der Waals surface area contributed by atoms with Crippen molar-refractivity contribution in [2.75, 3.05) is 25.4 Å². The Balaban J connectivity index is 2.02. The van der Waals surface area contributed by atoms with Gasteiger partial charge in [0, 0.05) is 35.4 Å². The van der Waals surface area contributed by atoms with Crippen molar-refractivity contribution in [1.29, 1.82) is 0 Å². The standard InChI is InChI=1S/C16H21NO2S2/c1-16(2)6-7-17(8-10-21-16)15(19)13-11-14(20-12-13)5-3-4-9-18/h11-12,18H,4,6-10H2,1-2H3. The number of hydrogen-bond acceptors (Lipinski definition) is 4. The molecule has 1 fully saturated rings. The summed E-state index contributed by atoms with van der Waals surface area (Å²) in [5.74, 6) is 6.97. The van der Waals surface area contributed by atoms with E-state index in [1.165, 1.54) is 11.3 Å². The monoisotopic (exact) mass is 323 g/mol. The molecule has 0 radical (unpaired) electrons. The molecule has 0 bridgehead atoms. The van der Waals surface area contributed by atoms with Gasteiger partial charge in [-0.25, -0.2) is 0 Å². The van der Waals surface area contributed by atoms with Crippen molar-refractivity contribution in [2.45, 2.75) is 31.4 Å². The number of aliphatic hydroxyl groups is 1. The molecule has 1 aromatic rings. The van der Waals surface area contributed by atoms with E-state index in [9.17, 15) is 4.79 Å². The highest BCUT2D eigenvalue weighted by atomic mass is 32.2. The van der Waals surface area contributed by atoms with Gasteiger partial charge in [0.05, 0.1) is 17.0 Å². The third-order valence-electron chi connectivity index (χ3n) is 3.42. The molecule has 114 valence electrons. The van der Waals surface area contributed by atoms with Crippen LogP contribution in [0, 0.1) is 11.8 Å². The zero-order valence-corrected chi connectivity index (χ0v) is 14.1. The summed E-state index contributed by atoms with van der Waals surface area (Å²) >= 11 is 3.43. The van der Waals surface area contributed by atoms with Gasteiger partial charge in [0.2, 0.25) is 0 Å². The Labute approximate surface area is 134 Å². The van der Waals surface area contributed by atoms with Crippen LogP contribution in [0.4, 0.5) is 0 Å². The minimum Gasteiger partial charge on any atom is -0.395 e. The third kappa shape index (κ3) is 4.77. The number of thioether (sulfide) groups is 1. The molecule has 3 nitrogen and oxygen atoms in total. The molecule has 0 spiro atoms. The maximum atomic E-state index is 12.5. The molecule has 1 amide bonds. The van der Waals surface area contributed by atoms with Gasteiger partial charge in [0.1, 0.15) is 0 Å². The first-order chi connectivity index (χ1) is 10.0. The Kier molecular flexibility index (Phi) is 5.74. The van der Waals surface area contributed by atoms with Crippen LogP contribution in [0.2, 0.25) is 0 Å². The molecule has 0 unspecified atom stereocenters. The van der Waals surface area contributed by atoms with Crippen LogP contribution in [0.5, 0.6) is 0 Å². The quantitative estimate of drug-likeness (QED) is 0.851. The molecule has 21 heavy (non-hydrogen) atoms. The smallest absolute Gasteiger partial charge is 0.254 e. The largest absolute Gasteiger partial charge is 0.395 e. The third-order valence-corrected chi connectivity index (χ3v) is 5.64. The highest BCUT2D eigenvalue weighted by Crippen LogP contribution is 2.31. The van der Waals surface area contributed by atoms with Gasteiger partial charge < -0.3 is 10.0 Å². The lowest BCUT2D eigenvalue weighted by atomic mass is 10.1. The maximum Gasteiger partial charge on any atom is 0.254 e. The van der Waals surface area contributed by atoms with E-state index in [0.29, 0.717) is 6.42 Å². The predicted molar refractivity (Wildman–Crippen MR) is 90.0 cm³/mol. The summed E-state index contributed by atoms with van der Waals surface area (Å²) in [6, 6.07) is 1.86. The van der Waals surface area contributed by atoms with E-state index in [4.69, 9.17) is 5.11 Å². The zero-order valence-electron chi connectivity index (χ0n) is 12.5. The molecule has 2 heterocycles. The topological polar surface area (TPSA) is 40.5 Å². The molecule has 0 aliphatic carbocycles. The molecule has 1 saturated heterocycles. The highest BCUT2D eigenvalue weighted by molar-refractivity contribution is 8.00. The lowest BCUT2D eigenvalue weighted by Gasteiger charge is -2.22. The first-order valence-electron chi connectivity index (χ1n) is 7.13. The van der Waals surface area contributed by atoms with Crippen molar-refractivity contribution in [3.8, 4) is 11.8 Å². The van der Waals surface area contributed by atoms with Gasteiger partial charge in [-0.1, -0.05) is 25.7 Å². The van der Waals surface area contributed by atoms with Gasteiger partial charge in [-0.15, -0.1) is 11.3 Å². The normalized spacial score (nSPS) is 17.8. The second kappa shape index (κ2) is 7.35. The van der Waals surface area contributed by atoms with Gasteiger partial charge in [-0.2, -0.15) is 11.8 Å². The Morgan fingerprint density at radius 1 is 1.48 bits per heavy atom. The summed E-state index contributed by atoms with van der Waals surface area (Å²) in [5, 5.41) is 10.6. The number of carbonyl (C=O) groups is 1. The van der Waals surface area contributed by atoms with E-state index in [1.807, 2.05) is 28.1 Å². The minimum atomic E-state index is 0.0748. The molecular formula is C16H21NO2S2. The number of aliphatic hydroxyl groups excluding tert-OH is 1. The second-order valence-corrected chi connectivity index (χ2v) is 8.34. The molecular weight excluding hydrogens is 302 g/mol. The highest BCUT2D eigenvalue weighted by Gasteiger charge is 2.26. The number of carbonyl (C=O) groups excluding carboxylic acids is 1. The SMILES string of the molecule is CC1(C)CCN(C(=O)c2csc(C#CCCO)c2)CCS1. The molecule has 0 aromatic carbocycles. The molecule has 1 aromatic heterocycles. The first kappa shape index (κ1) is 16.4. The van der Waals surface area contributed by atoms with E-state index in [1.54, 1.807) is 0 Å². The molecule has 1 N–H and O–H groups in total. The lowest BCUT2D eigenvalue weighted by molar-refractivity contribution is 0.0765.